The Bertz CT molecular complexity index is 402. The summed E-state index contributed by atoms with van der Waals surface area (Å²) in [4.78, 5) is 0. The highest BCUT2D eigenvalue weighted by atomic mass is 79.9. The van der Waals surface area contributed by atoms with Crippen molar-refractivity contribution in [2.45, 2.75) is 23.5 Å². The smallest absolute Gasteiger partial charge is 0.131 e. The monoisotopic (exact) mass is 288 g/mol. The summed E-state index contributed by atoms with van der Waals surface area (Å²) in [7, 11) is -2.47. The van der Waals surface area contributed by atoms with Gasteiger partial charge < -0.3 is 9.67 Å². The molecule has 1 aromatic rings. The second-order valence-corrected chi connectivity index (χ2v) is 8.99. The number of aliphatic hydroxyl groups is 1. The Kier molecular flexibility index (Phi) is 2.83. The van der Waals surface area contributed by atoms with Gasteiger partial charge in [-0.1, -0.05) is 46.3 Å². The first-order chi connectivity index (χ1) is 6.97. The summed E-state index contributed by atoms with van der Waals surface area (Å²) in [6, 6.07) is 9.46. The normalized spacial score (nSPS) is 40.6. The highest BCUT2D eigenvalue weighted by Gasteiger charge is 2.50. The molecule has 1 heterocycles. The topological polar surface area (TPSA) is 37.3 Å². The molecule has 0 radical (unpaired) electrons. The van der Waals surface area contributed by atoms with Crippen molar-refractivity contribution in [3.8, 4) is 0 Å². The first kappa shape index (κ1) is 11.4. The molecule has 1 aromatic carbocycles. The second-order valence-electron chi connectivity index (χ2n) is 4.30. The fraction of sp³-hybridized carbons (Fsp3) is 0.455. The van der Waals surface area contributed by atoms with Crippen molar-refractivity contribution in [2.24, 2.45) is 0 Å². The van der Waals surface area contributed by atoms with Gasteiger partial charge in [-0.05, 0) is 13.3 Å². The van der Waals surface area contributed by atoms with Crippen LogP contribution in [-0.2, 0) is 4.57 Å². The number of halogens is 1. The van der Waals surface area contributed by atoms with Crippen molar-refractivity contribution in [1.82, 2.24) is 0 Å². The quantitative estimate of drug-likeness (QED) is 0.637. The second kappa shape index (κ2) is 3.73. The third kappa shape index (κ3) is 1.82. The summed E-state index contributed by atoms with van der Waals surface area (Å²) in [6.45, 7) is 1.75. The first-order valence-corrected chi connectivity index (χ1v) is 7.85. The predicted molar refractivity (Wildman–Crippen MR) is 66.5 cm³/mol. The third-order valence-corrected chi connectivity index (χ3v) is 9.34. The predicted octanol–water partition coefficient (Wildman–Crippen LogP) is 2.55. The minimum absolute atomic E-state index is 0.320. The number of rotatable bonds is 1. The molecule has 2 nitrogen and oxygen atoms in total. The molecule has 0 bridgehead atoms. The molecule has 1 aliphatic rings. The van der Waals surface area contributed by atoms with Crippen LogP contribution in [0.15, 0.2) is 30.3 Å². The van der Waals surface area contributed by atoms with Gasteiger partial charge in [-0.15, -0.1) is 0 Å². The molecule has 1 aliphatic heterocycles. The Morgan fingerprint density at radius 3 is 2.53 bits per heavy atom. The highest BCUT2D eigenvalue weighted by Crippen LogP contribution is 2.62. The van der Waals surface area contributed by atoms with Crippen molar-refractivity contribution in [3.05, 3.63) is 30.3 Å². The fourth-order valence-electron chi connectivity index (χ4n) is 2.01. The van der Waals surface area contributed by atoms with Gasteiger partial charge in [-0.2, -0.15) is 0 Å². The lowest BCUT2D eigenvalue weighted by Gasteiger charge is -2.24. The van der Waals surface area contributed by atoms with E-state index < -0.39 is 12.7 Å². The highest BCUT2D eigenvalue weighted by molar-refractivity contribution is 9.11. The van der Waals surface area contributed by atoms with Crippen LogP contribution in [0, 0.1) is 0 Å². The van der Waals surface area contributed by atoms with Crippen molar-refractivity contribution in [3.63, 3.8) is 0 Å². The van der Waals surface area contributed by atoms with Crippen LogP contribution in [0.2, 0.25) is 0 Å². The lowest BCUT2D eigenvalue weighted by atomic mass is 10.1. The number of alkyl halides is 1. The first-order valence-electron chi connectivity index (χ1n) is 4.98. The summed E-state index contributed by atoms with van der Waals surface area (Å²) >= 11 is 3.41. The van der Waals surface area contributed by atoms with Crippen molar-refractivity contribution in [1.29, 1.82) is 0 Å². The van der Waals surface area contributed by atoms with Gasteiger partial charge in [0.05, 0.1) is 5.60 Å². The molecule has 1 saturated heterocycles. The molecule has 0 spiro atoms. The van der Waals surface area contributed by atoms with Gasteiger partial charge >= 0.3 is 0 Å². The standard InChI is InChI=1S/C11H14BrO2P/c1-11(13)7-8-15(14,10(11)12)9-5-3-2-4-6-9/h2-6,10,13H,7-8H2,1H3/t10-,11-,15+/m0/s1. The molecule has 82 valence electrons. The lowest BCUT2D eigenvalue weighted by Crippen LogP contribution is -2.30. The van der Waals surface area contributed by atoms with Crippen LogP contribution in [0.1, 0.15) is 13.3 Å². The van der Waals surface area contributed by atoms with Crippen LogP contribution in [0.25, 0.3) is 0 Å². The molecule has 0 aliphatic carbocycles. The Morgan fingerprint density at radius 2 is 2.07 bits per heavy atom. The van der Waals surface area contributed by atoms with E-state index in [-0.39, 0.29) is 4.57 Å². The van der Waals surface area contributed by atoms with Crippen LogP contribution in [0.5, 0.6) is 0 Å². The molecule has 3 atom stereocenters. The molecule has 1 N–H and O–H groups in total. The van der Waals surface area contributed by atoms with Crippen LogP contribution in [0.3, 0.4) is 0 Å². The van der Waals surface area contributed by atoms with Gasteiger partial charge in [-0.25, -0.2) is 0 Å². The van der Waals surface area contributed by atoms with Gasteiger partial charge in [0.15, 0.2) is 0 Å². The Hall–Kier alpha value is -0.110. The van der Waals surface area contributed by atoms with Gasteiger partial charge in [0.1, 0.15) is 11.7 Å². The largest absolute Gasteiger partial charge is 0.388 e. The molecule has 0 aromatic heterocycles. The van der Waals surface area contributed by atoms with Crippen LogP contribution in [0.4, 0.5) is 0 Å². The number of hydrogen-bond donors (Lipinski definition) is 1. The minimum atomic E-state index is -2.47. The maximum absolute atomic E-state index is 12.8. The van der Waals surface area contributed by atoms with Gasteiger partial charge in [0.2, 0.25) is 0 Å². The SMILES string of the molecule is C[C@]1(O)CC[P@@](=O)(c2ccccc2)[C@@H]1Br. The Labute approximate surface area is 98.2 Å². The average molecular weight is 289 g/mol. The molecule has 0 saturated carbocycles. The third-order valence-electron chi connectivity index (χ3n) is 3.02. The van der Waals surface area contributed by atoms with Crippen molar-refractivity contribution < 1.29 is 9.67 Å². The molecule has 15 heavy (non-hydrogen) atoms. The van der Waals surface area contributed by atoms with E-state index in [4.69, 9.17) is 0 Å². The summed E-state index contributed by atoms with van der Waals surface area (Å²) in [5.41, 5.74) is -0.856. The minimum Gasteiger partial charge on any atom is -0.388 e. The van der Waals surface area contributed by atoms with E-state index in [0.29, 0.717) is 12.6 Å². The molecular weight excluding hydrogens is 275 g/mol. The summed E-state index contributed by atoms with van der Waals surface area (Å²) < 4.78 is 12.4. The Balaban J connectivity index is 2.42. The average Bonchev–Trinajstić information content (AvgIpc) is 2.45. The maximum atomic E-state index is 12.8. The zero-order chi connectivity index (χ0) is 11.1. The molecule has 0 amide bonds. The maximum Gasteiger partial charge on any atom is 0.131 e. The number of hydrogen-bond acceptors (Lipinski definition) is 2. The van der Waals surface area contributed by atoms with E-state index in [0.717, 1.165) is 5.30 Å². The lowest BCUT2D eigenvalue weighted by molar-refractivity contribution is 0.0820. The van der Waals surface area contributed by atoms with E-state index in [9.17, 15) is 9.67 Å². The number of benzene rings is 1. The van der Waals surface area contributed by atoms with Gasteiger partial charge in [0.25, 0.3) is 0 Å². The molecular formula is C11H14BrO2P. The van der Waals surface area contributed by atoms with Crippen LogP contribution < -0.4 is 5.30 Å². The fourth-order valence-corrected chi connectivity index (χ4v) is 6.80. The molecule has 4 heteroatoms. The summed E-state index contributed by atoms with van der Waals surface area (Å²) in [5, 5.41) is 10.9. The van der Waals surface area contributed by atoms with Gasteiger partial charge in [-0.3, -0.25) is 0 Å². The van der Waals surface area contributed by atoms with Crippen LogP contribution in [-0.4, -0.2) is 21.4 Å². The van der Waals surface area contributed by atoms with E-state index in [1.807, 2.05) is 30.3 Å². The van der Waals surface area contributed by atoms with Crippen molar-refractivity contribution >= 4 is 28.4 Å². The van der Waals surface area contributed by atoms with E-state index in [2.05, 4.69) is 15.9 Å². The zero-order valence-electron chi connectivity index (χ0n) is 8.56. The van der Waals surface area contributed by atoms with Crippen LogP contribution >= 0.6 is 23.1 Å². The molecule has 2 rings (SSSR count). The van der Waals surface area contributed by atoms with E-state index in [1.54, 1.807) is 6.92 Å². The van der Waals surface area contributed by atoms with E-state index >= 15 is 0 Å². The molecule has 1 fully saturated rings. The summed E-state index contributed by atoms with van der Waals surface area (Å²) in [6.07, 6.45) is 1.18. The molecule has 0 unspecified atom stereocenters. The van der Waals surface area contributed by atoms with Crippen molar-refractivity contribution in [2.75, 3.05) is 6.16 Å². The van der Waals surface area contributed by atoms with E-state index in [1.165, 1.54) is 0 Å². The Morgan fingerprint density at radius 1 is 1.47 bits per heavy atom. The zero-order valence-corrected chi connectivity index (χ0v) is 11.0. The summed E-state index contributed by atoms with van der Waals surface area (Å²) in [5.74, 6) is 0. The van der Waals surface area contributed by atoms with Gasteiger partial charge in [0, 0.05) is 11.5 Å².